The Morgan fingerprint density at radius 3 is 1.50 bits per heavy atom. The van der Waals surface area contributed by atoms with Gasteiger partial charge in [0.2, 0.25) is 0 Å². The topological polar surface area (TPSA) is 60.4 Å². The van der Waals surface area contributed by atoms with Gasteiger partial charge in [-0.1, -0.05) is 0 Å². The smallest absolute Gasteiger partial charge is 0.735 e. The van der Waals surface area contributed by atoms with Gasteiger partial charge in [-0.3, -0.25) is 0 Å². The Kier molecular flexibility index (Phi) is 5.55. The Hall–Kier alpha value is 0.870. The van der Waals surface area contributed by atoms with Crippen molar-refractivity contribution in [3.05, 3.63) is 0 Å². The van der Waals surface area contributed by atoms with Gasteiger partial charge in [0.05, 0.1) is 0 Å². The van der Waals surface area contributed by atoms with Crippen molar-refractivity contribution >= 4 is 10.3 Å². The van der Waals surface area contributed by atoms with Crippen molar-refractivity contribution < 1.29 is 42.5 Å². The number of nitrogens with zero attached hydrogens (tertiary/aromatic N) is 1. The maximum atomic E-state index is 9.70. The second-order valence-electron chi connectivity index (χ2n) is 1.24. The predicted octanol–water partition coefficient (Wildman–Crippen LogP) is -3.99. The Bertz CT molecular complexity index is 139. The maximum Gasteiger partial charge on any atom is 1.00 e. The first kappa shape index (κ1) is 11.6. The molecule has 0 aliphatic heterocycles. The Balaban J connectivity index is 0. The summed E-state index contributed by atoms with van der Waals surface area (Å²) in [5, 5.41) is 0. The van der Waals surface area contributed by atoms with Crippen molar-refractivity contribution in [1.82, 2.24) is 4.31 Å². The molecule has 0 aromatic rings. The van der Waals surface area contributed by atoms with E-state index in [4.69, 9.17) is 0 Å². The zero-order chi connectivity index (χ0) is 6.08. The molecule has 0 radical (unpaired) electrons. The summed E-state index contributed by atoms with van der Waals surface area (Å²) in [6.07, 6.45) is 0. The third-order valence-electron chi connectivity index (χ3n) is 0.447. The van der Waals surface area contributed by atoms with E-state index >= 15 is 0 Å². The van der Waals surface area contributed by atoms with Gasteiger partial charge >= 0.3 is 29.6 Å². The third kappa shape index (κ3) is 5.02. The Morgan fingerprint density at radius 2 is 1.50 bits per heavy atom. The molecular weight excluding hydrogens is 141 g/mol. The fraction of sp³-hybridized carbons (Fsp3) is 1.00. The van der Waals surface area contributed by atoms with E-state index in [2.05, 4.69) is 0 Å². The van der Waals surface area contributed by atoms with Gasteiger partial charge in [-0.05, 0) is 0 Å². The van der Waals surface area contributed by atoms with Crippen molar-refractivity contribution in [3.63, 3.8) is 0 Å². The molecule has 4 nitrogen and oxygen atoms in total. The Morgan fingerprint density at radius 1 is 1.38 bits per heavy atom. The van der Waals surface area contributed by atoms with Crippen molar-refractivity contribution in [2.75, 3.05) is 14.1 Å². The largest absolute Gasteiger partial charge is 1.00 e. The van der Waals surface area contributed by atoms with Gasteiger partial charge in [0, 0.05) is 14.1 Å². The molecule has 0 saturated heterocycles. The predicted molar refractivity (Wildman–Crippen MR) is 23.4 cm³/mol. The molecule has 0 saturated carbocycles. The average Bonchev–Trinajstić information content (AvgIpc) is 1.31. The van der Waals surface area contributed by atoms with Crippen LogP contribution in [0.25, 0.3) is 0 Å². The maximum absolute atomic E-state index is 9.70. The second kappa shape index (κ2) is 3.81. The minimum absolute atomic E-state index is 0. The van der Waals surface area contributed by atoms with Crippen LogP contribution in [0.4, 0.5) is 0 Å². The summed E-state index contributed by atoms with van der Waals surface area (Å²) in [4.78, 5) is 0. The molecule has 6 heteroatoms. The summed E-state index contributed by atoms with van der Waals surface area (Å²) < 4.78 is 29.7. The molecule has 0 N–H and O–H groups in total. The number of rotatable bonds is 1. The van der Waals surface area contributed by atoms with E-state index in [9.17, 15) is 13.0 Å². The van der Waals surface area contributed by atoms with Gasteiger partial charge in [-0.15, -0.1) is 0 Å². The zero-order valence-corrected chi connectivity index (χ0v) is 7.90. The summed E-state index contributed by atoms with van der Waals surface area (Å²) in [6, 6.07) is 0. The van der Waals surface area contributed by atoms with Crippen LogP contribution in [-0.2, 0) is 10.3 Å². The van der Waals surface area contributed by atoms with Crippen LogP contribution >= 0.6 is 0 Å². The van der Waals surface area contributed by atoms with Crippen LogP contribution in [0, 0.1) is 0 Å². The molecule has 0 rings (SSSR count). The van der Waals surface area contributed by atoms with Crippen LogP contribution in [0.3, 0.4) is 0 Å². The van der Waals surface area contributed by atoms with E-state index < -0.39 is 10.3 Å². The molecule has 0 bridgehead atoms. The molecule has 0 spiro atoms. The molecule has 0 heterocycles. The first-order valence-electron chi connectivity index (χ1n) is 1.58. The minimum Gasteiger partial charge on any atom is -0.735 e. The van der Waals surface area contributed by atoms with Crippen molar-refractivity contribution in [2.24, 2.45) is 0 Å². The molecule has 44 valence electrons. The van der Waals surface area contributed by atoms with Crippen LogP contribution in [0.1, 0.15) is 0 Å². The van der Waals surface area contributed by atoms with Gasteiger partial charge < -0.3 is 4.55 Å². The summed E-state index contributed by atoms with van der Waals surface area (Å²) in [5.74, 6) is 0. The normalized spacial score (nSPS) is 11.0. The molecule has 0 aromatic carbocycles. The molecule has 0 aromatic heterocycles. The van der Waals surface area contributed by atoms with E-state index in [-0.39, 0.29) is 29.6 Å². The Labute approximate surface area is 71.0 Å². The molecule has 0 aliphatic carbocycles. The fourth-order valence-corrected chi connectivity index (χ4v) is 0. The molecule has 0 unspecified atom stereocenters. The van der Waals surface area contributed by atoms with E-state index in [1.165, 1.54) is 14.1 Å². The van der Waals surface area contributed by atoms with E-state index in [0.717, 1.165) is 0 Å². The molecular formula is C2H6NNaO3S. The monoisotopic (exact) mass is 147 g/mol. The van der Waals surface area contributed by atoms with Crippen molar-refractivity contribution in [3.8, 4) is 0 Å². The fourth-order valence-electron chi connectivity index (χ4n) is 0. The molecule has 0 aliphatic rings. The van der Waals surface area contributed by atoms with Crippen LogP contribution < -0.4 is 29.6 Å². The van der Waals surface area contributed by atoms with Crippen molar-refractivity contribution in [1.29, 1.82) is 0 Å². The number of hydrogen-bond acceptors (Lipinski definition) is 3. The van der Waals surface area contributed by atoms with Crippen LogP contribution in [0.5, 0.6) is 0 Å². The summed E-state index contributed by atoms with van der Waals surface area (Å²) >= 11 is 0. The van der Waals surface area contributed by atoms with E-state index in [1.54, 1.807) is 0 Å². The minimum atomic E-state index is -4.16. The van der Waals surface area contributed by atoms with Crippen LogP contribution in [-0.4, -0.2) is 31.4 Å². The van der Waals surface area contributed by atoms with E-state index in [1.807, 2.05) is 0 Å². The van der Waals surface area contributed by atoms with Gasteiger partial charge in [0.1, 0.15) is 0 Å². The molecule has 8 heavy (non-hydrogen) atoms. The van der Waals surface area contributed by atoms with E-state index in [0.29, 0.717) is 4.31 Å². The van der Waals surface area contributed by atoms with Gasteiger partial charge in [-0.25, -0.2) is 12.7 Å². The molecule has 0 fully saturated rings. The summed E-state index contributed by atoms with van der Waals surface area (Å²) in [5.41, 5.74) is 0. The first-order valence-corrected chi connectivity index (χ1v) is 2.94. The first-order chi connectivity index (χ1) is 2.94. The molecule has 0 atom stereocenters. The second-order valence-corrected chi connectivity index (χ2v) is 2.83. The van der Waals surface area contributed by atoms with Crippen LogP contribution in [0.2, 0.25) is 0 Å². The van der Waals surface area contributed by atoms with Gasteiger partial charge in [0.25, 0.3) is 0 Å². The zero-order valence-electron chi connectivity index (χ0n) is 5.08. The van der Waals surface area contributed by atoms with Gasteiger partial charge in [-0.2, -0.15) is 0 Å². The molecule has 0 amide bonds. The summed E-state index contributed by atoms with van der Waals surface area (Å²) in [7, 11) is -1.79. The quantitative estimate of drug-likeness (QED) is 0.280. The SMILES string of the molecule is CN(C)S(=O)(=O)[O-].[Na+]. The van der Waals surface area contributed by atoms with Crippen LogP contribution in [0.15, 0.2) is 0 Å². The standard InChI is InChI=1S/C2H7NO3S.Na/c1-3(2)7(4,5)6;/h1-2H3,(H,4,5,6);/q;+1/p-1. The average molecular weight is 147 g/mol. The third-order valence-corrected chi connectivity index (χ3v) is 1.34. The van der Waals surface area contributed by atoms with Crippen molar-refractivity contribution in [2.45, 2.75) is 0 Å². The summed E-state index contributed by atoms with van der Waals surface area (Å²) in [6.45, 7) is 0. The van der Waals surface area contributed by atoms with Gasteiger partial charge in [0.15, 0.2) is 10.3 Å². The number of hydrogen-bond donors (Lipinski definition) is 0.